The number of fused-ring (bicyclic) bond motifs is 1. The zero-order valence-corrected chi connectivity index (χ0v) is 24.8. The smallest absolute Gasteiger partial charge is 0.267 e. The molecule has 1 heterocycles. The van der Waals surface area contributed by atoms with Gasteiger partial charge in [-0.1, -0.05) is 97.1 Å². The zero-order chi connectivity index (χ0) is 28.2. The number of para-hydroxylation sites is 1. The van der Waals surface area contributed by atoms with Crippen LogP contribution in [0.2, 0.25) is 0 Å². The molecule has 0 N–H and O–H groups in total. The number of carbonyl (C=O) groups is 1. The first-order valence-electron chi connectivity index (χ1n) is 13.4. The topological polar surface area (TPSA) is 41.9 Å². The van der Waals surface area contributed by atoms with Crippen molar-refractivity contribution >= 4 is 61.3 Å². The lowest BCUT2D eigenvalue weighted by atomic mass is 10.1. The SMILES string of the molecule is C[C@@H](c1ccccc1)N1C(=O)/C(=C\c2ccc(OCc3cccc4ccccc34)c(Br)c2)SC1=Nc1ccccc1. The maximum Gasteiger partial charge on any atom is 0.267 e. The van der Waals surface area contributed by atoms with E-state index in [0.29, 0.717) is 16.7 Å². The van der Waals surface area contributed by atoms with Gasteiger partial charge in [-0.15, -0.1) is 0 Å². The number of thioether (sulfide) groups is 1. The highest BCUT2D eigenvalue weighted by atomic mass is 79.9. The molecule has 1 fully saturated rings. The van der Waals surface area contributed by atoms with E-state index in [4.69, 9.17) is 9.73 Å². The summed E-state index contributed by atoms with van der Waals surface area (Å²) in [6.45, 7) is 2.50. The lowest BCUT2D eigenvalue weighted by molar-refractivity contribution is -0.123. The molecule has 41 heavy (non-hydrogen) atoms. The number of rotatable bonds is 7. The zero-order valence-electron chi connectivity index (χ0n) is 22.4. The Morgan fingerprint density at radius 2 is 1.59 bits per heavy atom. The van der Waals surface area contributed by atoms with E-state index in [0.717, 1.165) is 32.6 Å². The molecular formula is C35H27BrN2O2S. The molecule has 0 radical (unpaired) electrons. The molecule has 1 saturated heterocycles. The number of halogens is 1. The van der Waals surface area contributed by atoms with Crippen molar-refractivity contribution in [2.45, 2.75) is 19.6 Å². The monoisotopic (exact) mass is 618 g/mol. The molecule has 0 unspecified atom stereocenters. The summed E-state index contributed by atoms with van der Waals surface area (Å²) < 4.78 is 7.02. The predicted octanol–water partition coefficient (Wildman–Crippen LogP) is 9.55. The second-order valence-corrected chi connectivity index (χ2v) is 11.6. The lowest BCUT2D eigenvalue weighted by Gasteiger charge is -2.24. The number of ether oxygens (including phenoxy) is 1. The average Bonchev–Trinajstić information content (AvgIpc) is 3.30. The van der Waals surface area contributed by atoms with Crippen LogP contribution in [0.1, 0.15) is 29.7 Å². The molecule has 5 aromatic carbocycles. The summed E-state index contributed by atoms with van der Waals surface area (Å²) in [6.07, 6.45) is 1.92. The van der Waals surface area contributed by atoms with Crippen LogP contribution in [0.15, 0.2) is 136 Å². The first-order chi connectivity index (χ1) is 20.1. The maximum atomic E-state index is 13.8. The van der Waals surface area contributed by atoms with E-state index in [9.17, 15) is 4.79 Å². The number of hydrogen-bond donors (Lipinski definition) is 0. The van der Waals surface area contributed by atoms with Gasteiger partial charge in [0.1, 0.15) is 12.4 Å². The first kappa shape index (κ1) is 27.1. The summed E-state index contributed by atoms with van der Waals surface area (Å²) in [6, 6.07) is 40.1. The minimum atomic E-state index is -0.166. The van der Waals surface area contributed by atoms with Crippen LogP contribution in [0, 0.1) is 0 Å². The van der Waals surface area contributed by atoms with Crippen LogP contribution in [0.5, 0.6) is 5.75 Å². The number of hydrogen-bond acceptors (Lipinski definition) is 4. The first-order valence-corrected chi connectivity index (χ1v) is 15.0. The van der Waals surface area contributed by atoms with Gasteiger partial charge in [0, 0.05) is 0 Å². The molecule has 5 aromatic rings. The van der Waals surface area contributed by atoms with Gasteiger partial charge in [0.05, 0.1) is 21.1 Å². The van der Waals surface area contributed by atoms with Crippen LogP contribution >= 0.6 is 27.7 Å². The van der Waals surface area contributed by atoms with Gasteiger partial charge in [0.15, 0.2) is 5.17 Å². The van der Waals surface area contributed by atoms with Crippen molar-refractivity contribution in [3.63, 3.8) is 0 Å². The highest BCUT2D eigenvalue weighted by Crippen LogP contribution is 2.40. The number of nitrogens with zero attached hydrogens (tertiary/aromatic N) is 2. The summed E-state index contributed by atoms with van der Waals surface area (Å²) >= 11 is 5.08. The Balaban J connectivity index is 1.25. The van der Waals surface area contributed by atoms with E-state index >= 15 is 0 Å². The third-order valence-corrected chi connectivity index (χ3v) is 8.61. The van der Waals surface area contributed by atoms with Gasteiger partial charge in [0.2, 0.25) is 0 Å². The summed E-state index contributed by atoms with van der Waals surface area (Å²) in [5.74, 6) is 0.685. The fraction of sp³-hybridized carbons (Fsp3) is 0.0857. The fourth-order valence-corrected chi connectivity index (χ4v) is 6.43. The molecule has 1 aliphatic rings. The van der Waals surface area contributed by atoms with Crippen LogP contribution in [0.25, 0.3) is 16.8 Å². The van der Waals surface area contributed by atoms with Gasteiger partial charge < -0.3 is 4.74 Å². The van der Waals surface area contributed by atoms with Crippen LogP contribution in [-0.4, -0.2) is 16.0 Å². The van der Waals surface area contributed by atoms with Crippen LogP contribution in [-0.2, 0) is 11.4 Å². The Labute approximate surface area is 252 Å². The van der Waals surface area contributed by atoms with Crippen molar-refractivity contribution < 1.29 is 9.53 Å². The molecule has 1 aliphatic heterocycles. The van der Waals surface area contributed by atoms with Crippen molar-refractivity contribution in [3.05, 3.63) is 147 Å². The average molecular weight is 620 g/mol. The van der Waals surface area contributed by atoms with Gasteiger partial charge >= 0.3 is 0 Å². The van der Waals surface area contributed by atoms with E-state index < -0.39 is 0 Å². The van der Waals surface area contributed by atoms with Gasteiger partial charge in [-0.3, -0.25) is 9.69 Å². The highest BCUT2D eigenvalue weighted by molar-refractivity contribution is 9.10. The van der Waals surface area contributed by atoms with Gasteiger partial charge in [-0.25, -0.2) is 4.99 Å². The molecule has 1 atom stereocenters. The van der Waals surface area contributed by atoms with Crippen LogP contribution in [0.3, 0.4) is 0 Å². The third-order valence-electron chi connectivity index (χ3n) is 7.00. The number of carbonyl (C=O) groups excluding carboxylic acids is 1. The maximum absolute atomic E-state index is 13.8. The van der Waals surface area contributed by atoms with E-state index in [1.54, 1.807) is 4.90 Å². The largest absolute Gasteiger partial charge is 0.488 e. The molecule has 0 spiro atoms. The summed E-state index contributed by atoms with van der Waals surface area (Å²) in [7, 11) is 0. The molecule has 0 aromatic heterocycles. The normalized spacial score (nSPS) is 16.0. The Morgan fingerprint density at radius 3 is 2.37 bits per heavy atom. The Bertz CT molecular complexity index is 1760. The minimum absolute atomic E-state index is 0.0616. The summed E-state index contributed by atoms with van der Waals surface area (Å²) in [5, 5.41) is 3.04. The number of amides is 1. The van der Waals surface area contributed by atoms with Gasteiger partial charge in [0.25, 0.3) is 5.91 Å². The molecule has 0 aliphatic carbocycles. The molecule has 6 heteroatoms. The Hall–Kier alpha value is -4.13. The van der Waals surface area contributed by atoms with Gasteiger partial charge in [-0.05, 0) is 92.4 Å². The molecule has 202 valence electrons. The van der Waals surface area contributed by atoms with Gasteiger partial charge in [-0.2, -0.15) is 0 Å². The number of aliphatic imine (C=N–C) groups is 1. The van der Waals surface area contributed by atoms with Crippen molar-refractivity contribution in [1.29, 1.82) is 0 Å². The van der Waals surface area contributed by atoms with Crippen LogP contribution in [0.4, 0.5) is 5.69 Å². The van der Waals surface area contributed by atoms with E-state index in [2.05, 4.69) is 46.3 Å². The summed E-state index contributed by atoms with van der Waals surface area (Å²) in [4.78, 5) is 21.0. The standard InChI is InChI=1S/C35H27BrN2O2S/c1-24(26-11-4-2-5-12-26)38-34(39)33(41-35(38)37-29-16-6-3-7-17-29)22-25-19-20-32(31(36)21-25)40-23-28-15-10-14-27-13-8-9-18-30(27)28/h2-22,24H,23H2,1H3/b33-22+,37-35?/t24-/m0/s1. The predicted molar refractivity (Wildman–Crippen MR) is 173 cm³/mol. The minimum Gasteiger partial charge on any atom is -0.488 e. The van der Waals surface area contributed by atoms with Crippen molar-refractivity contribution in [2.75, 3.05) is 0 Å². The van der Waals surface area contributed by atoms with Crippen molar-refractivity contribution in [2.24, 2.45) is 4.99 Å². The Morgan fingerprint density at radius 1 is 0.878 bits per heavy atom. The highest BCUT2D eigenvalue weighted by Gasteiger charge is 2.37. The fourth-order valence-electron chi connectivity index (χ4n) is 4.85. The van der Waals surface area contributed by atoms with E-state index in [-0.39, 0.29) is 11.9 Å². The second-order valence-electron chi connectivity index (χ2n) is 9.72. The molecule has 1 amide bonds. The van der Waals surface area contributed by atoms with Crippen molar-refractivity contribution in [3.8, 4) is 5.75 Å². The molecule has 4 nitrogen and oxygen atoms in total. The molecule has 0 bridgehead atoms. The van der Waals surface area contributed by atoms with E-state index in [1.165, 1.54) is 22.5 Å². The van der Waals surface area contributed by atoms with Crippen molar-refractivity contribution in [1.82, 2.24) is 4.90 Å². The quantitative estimate of drug-likeness (QED) is 0.171. The number of benzene rings is 5. The molecular weight excluding hydrogens is 592 g/mol. The Kier molecular flexibility index (Phi) is 8.03. The van der Waals surface area contributed by atoms with E-state index in [1.807, 2.05) is 104 Å². The number of amidine groups is 1. The summed E-state index contributed by atoms with van der Waals surface area (Å²) in [5.41, 5.74) is 3.90. The molecule has 6 rings (SSSR count). The lowest BCUT2D eigenvalue weighted by Crippen LogP contribution is -2.32. The second kappa shape index (κ2) is 12.2. The molecule has 0 saturated carbocycles. The third kappa shape index (κ3) is 5.99. The van der Waals surface area contributed by atoms with Crippen LogP contribution < -0.4 is 4.74 Å².